The fraction of sp³-hybridized carbons (Fsp3) is 0.294. The molecule has 0 atom stereocenters. The molecule has 3 aromatic rings. The standard InChI is InChI=1S/C17H19FN4S/c1-3-22-16(11-15-5-4-10-21(15)2)19-20-17(22)23-12-13-6-8-14(18)9-7-13/h4-10H,3,11-12H2,1-2H3. The predicted octanol–water partition coefficient (Wildman–Crippen LogP) is 3.66. The van der Waals surface area contributed by atoms with Gasteiger partial charge in [-0.1, -0.05) is 23.9 Å². The molecule has 0 saturated carbocycles. The fourth-order valence-corrected chi connectivity index (χ4v) is 3.42. The molecule has 6 heteroatoms. The van der Waals surface area contributed by atoms with Gasteiger partial charge in [-0.05, 0) is 36.8 Å². The molecule has 0 saturated heterocycles. The molecule has 0 fully saturated rings. The molecule has 0 aliphatic rings. The van der Waals surface area contributed by atoms with E-state index in [9.17, 15) is 4.39 Å². The van der Waals surface area contributed by atoms with Crippen LogP contribution in [0.3, 0.4) is 0 Å². The van der Waals surface area contributed by atoms with Crippen LogP contribution in [0.4, 0.5) is 4.39 Å². The Morgan fingerprint density at radius 3 is 2.57 bits per heavy atom. The fourth-order valence-electron chi connectivity index (χ4n) is 2.44. The van der Waals surface area contributed by atoms with Crippen LogP contribution >= 0.6 is 11.8 Å². The lowest BCUT2D eigenvalue weighted by molar-refractivity contribution is 0.627. The Morgan fingerprint density at radius 1 is 1.13 bits per heavy atom. The summed E-state index contributed by atoms with van der Waals surface area (Å²) in [6, 6.07) is 10.7. The third kappa shape index (κ3) is 3.64. The molecule has 4 nitrogen and oxygen atoms in total. The third-order valence-electron chi connectivity index (χ3n) is 3.78. The Bertz CT molecular complexity index is 776. The lowest BCUT2D eigenvalue weighted by atomic mass is 10.2. The highest BCUT2D eigenvalue weighted by molar-refractivity contribution is 7.98. The molecule has 0 N–H and O–H groups in total. The summed E-state index contributed by atoms with van der Waals surface area (Å²) in [4.78, 5) is 0. The molecule has 0 aliphatic carbocycles. The quantitative estimate of drug-likeness (QED) is 0.647. The average Bonchev–Trinajstić information content (AvgIpc) is 3.13. The molecule has 1 aromatic carbocycles. The third-order valence-corrected chi connectivity index (χ3v) is 4.82. The molecule has 0 aliphatic heterocycles. The van der Waals surface area contributed by atoms with E-state index in [1.165, 1.54) is 17.8 Å². The number of rotatable bonds is 6. The minimum atomic E-state index is -0.208. The zero-order valence-corrected chi connectivity index (χ0v) is 14.1. The Labute approximate surface area is 139 Å². The Balaban J connectivity index is 1.73. The van der Waals surface area contributed by atoms with Gasteiger partial charge in [-0.25, -0.2) is 4.39 Å². The van der Waals surface area contributed by atoms with Gasteiger partial charge in [0.15, 0.2) is 5.16 Å². The van der Waals surface area contributed by atoms with Gasteiger partial charge >= 0.3 is 0 Å². The number of aryl methyl sites for hydroxylation is 1. The second kappa shape index (κ2) is 7.00. The van der Waals surface area contributed by atoms with Crippen LogP contribution in [0.15, 0.2) is 47.8 Å². The van der Waals surface area contributed by atoms with E-state index in [0.717, 1.165) is 35.3 Å². The molecule has 0 spiro atoms. The van der Waals surface area contributed by atoms with Crippen LogP contribution in [0.1, 0.15) is 24.0 Å². The first-order valence-electron chi connectivity index (χ1n) is 7.57. The largest absolute Gasteiger partial charge is 0.354 e. The smallest absolute Gasteiger partial charge is 0.191 e. The Kier molecular flexibility index (Phi) is 4.81. The zero-order chi connectivity index (χ0) is 16.2. The van der Waals surface area contributed by atoms with Crippen LogP contribution in [0, 0.1) is 5.82 Å². The maximum absolute atomic E-state index is 12.9. The number of aromatic nitrogens is 4. The van der Waals surface area contributed by atoms with Crippen molar-refractivity contribution in [1.82, 2.24) is 19.3 Å². The SMILES string of the molecule is CCn1c(Cc2cccn2C)nnc1SCc1ccc(F)cc1. The van der Waals surface area contributed by atoms with E-state index >= 15 is 0 Å². The summed E-state index contributed by atoms with van der Waals surface area (Å²) in [5.74, 6) is 1.51. The lowest BCUT2D eigenvalue weighted by Crippen LogP contribution is -2.06. The van der Waals surface area contributed by atoms with Crippen molar-refractivity contribution in [3.63, 3.8) is 0 Å². The number of thioether (sulfide) groups is 1. The van der Waals surface area contributed by atoms with Crippen molar-refractivity contribution < 1.29 is 4.39 Å². The number of benzene rings is 1. The van der Waals surface area contributed by atoms with Crippen molar-refractivity contribution >= 4 is 11.8 Å². The summed E-state index contributed by atoms with van der Waals surface area (Å²) >= 11 is 1.63. The topological polar surface area (TPSA) is 35.6 Å². The van der Waals surface area contributed by atoms with E-state index < -0.39 is 0 Å². The van der Waals surface area contributed by atoms with Crippen LogP contribution in [0.2, 0.25) is 0 Å². The van der Waals surface area contributed by atoms with E-state index in [-0.39, 0.29) is 5.82 Å². The highest BCUT2D eigenvalue weighted by Gasteiger charge is 2.13. The van der Waals surface area contributed by atoms with Gasteiger partial charge in [-0.2, -0.15) is 0 Å². The minimum Gasteiger partial charge on any atom is -0.354 e. The molecule has 0 radical (unpaired) electrons. The maximum Gasteiger partial charge on any atom is 0.191 e. The summed E-state index contributed by atoms with van der Waals surface area (Å²) < 4.78 is 17.2. The van der Waals surface area contributed by atoms with Crippen LogP contribution in [0.25, 0.3) is 0 Å². The highest BCUT2D eigenvalue weighted by atomic mass is 32.2. The average molecular weight is 330 g/mol. The molecule has 0 unspecified atom stereocenters. The summed E-state index contributed by atoms with van der Waals surface area (Å²) in [7, 11) is 2.03. The van der Waals surface area contributed by atoms with Gasteiger partial charge in [-0.15, -0.1) is 10.2 Å². The van der Waals surface area contributed by atoms with Crippen molar-refractivity contribution in [2.45, 2.75) is 30.8 Å². The molecule has 2 heterocycles. The van der Waals surface area contributed by atoms with Crippen LogP contribution in [0.5, 0.6) is 0 Å². The maximum atomic E-state index is 12.9. The van der Waals surface area contributed by atoms with Crippen molar-refractivity contribution in [3.05, 3.63) is 65.5 Å². The number of hydrogen-bond acceptors (Lipinski definition) is 3. The van der Waals surface area contributed by atoms with Gasteiger partial charge < -0.3 is 9.13 Å². The van der Waals surface area contributed by atoms with Gasteiger partial charge in [-0.3, -0.25) is 0 Å². The molecule has 3 rings (SSSR count). The normalized spacial score (nSPS) is 11.1. The number of hydrogen-bond donors (Lipinski definition) is 0. The molecular weight excluding hydrogens is 311 g/mol. The minimum absolute atomic E-state index is 0.208. The van der Waals surface area contributed by atoms with E-state index in [1.807, 2.05) is 19.3 Å². The van der Waals surface area contributed by atoms with E-state index in [0.29, 0.717) is 0 Å². The van der Waals surface area contributed by atoms with Crippen LogP contribution < -0.4 is 0 Å². The van der Waals surface area contributed by atoms with E-state index in [1.54, 1.807) is 23.9 Å². The second-order valence-electron chi connectivity index (χ2n) is 5.35. The second-order valence-corrected chi connectivity index (χ2v) is 6.29. The van der Waals surface area contributed by atoms with E-state index in [2.05, 4.69) is 32.3 Å². The summed E-state index contributed by atoms with van der Waals surface area (Å²) in [5, 5.41) is 9.57. The summed E-state index contributed by atoms with van der Waals surface area (Å²) in [5.41, 5.74) is 2.29. The first kappa shape index (κ1) is 15.8. The molecular formula is C17H19FN4S. The van der Waals surface area contributed by atoms with Gasteiger partial charge in [0.25, 0.3) is 0 Å². The molecule has 2 aromatic heterocycles. The van der Waals surface area contributed by atoms with Gasteiger partial charge in [0.1, 0.15) is 11.6 Å². The molecule has 23 heavy (non-hydrogen) atoms. The summed E-state index contributed by atoms with van der Waals surface area (Å²) in [6.07, 6.45) is 2.80. The first-order valence-corrected chi connectivity index (χ1v) is 8.55. The summed E-state index contributed by atoms with van der Waals surface area (Å²) in [6.45, 7) is 2.93. The zero-order valence-electron chi connectivity index (χ0n) is 13.2. The van der Waals surface area contributed by atoms with Crippen molar-refractivity contribution in [2.24, 2.45) is 7.05 Å². The predicted molar refractivity (Wildman–Crippen MR) is 89.9 cm³/mol. The molecule has 0 amide bonds. The van der Waals surface area contributed by atoms with Crippen molar-refractivity contribution in [2.75, 3.05) is 0 Å². The highest BCUT2D eigenvalue weighted by Crippen LogP contribution is 2.23. The Morgan fingerprint density at radius 2 is 1.91 bits per heavy atom. The van der Waals surface area contributed by atoms with Gasteiger partial charge in [0, 0.05) is 37.7 Å². The molecule has 0 bridgehead atoms. The van der Waals surface area contributed by atoms with Crippen LogP contribution in [-0.4, -0.2) is 19.3 Å². The monoisotopic (exact) mass is 330 g/mol. The Hall–Kier alpha value is -2.08. The number of halogens is 1. The number of nitrogens with zero attached hydrogens (tertiary/aromatic N) is 4. The van der Waals surface area contributed by atoms with Crippen molar-refractivity contribution in [1.29, 1.82) is 0 Å². The molecule has 120 valence electrons. The van der Waals surface area contributed by atoms with Gasteiger partial charge in [0.05, 0.1) is 0 Å². The van der Waals surface area contributed by atoms with Crippen molar-refractivity contribution in [3.8, 4) is 0 Å². The van der Waals surface area contributed by atoms with E-state index in [4.69, 9.17) is 0 Å². The lowest BCUT2D eigenvalue weighted by Gasteiger charge is -2.08. The van der Waals surface area contributed by atoms with Crippen LogP contribution in [-0.2, 0) is 25.8 Å². The first-order chi connectivity index (χ1) is 11.2. The van der Waals surface area contributed by atoms with Gasteiger partial charge in [0.2, 0.25) is 0 Å².